The summed E-state index contributed by atoms with van der Waals surface area (Å²) in [4.78, 5) is 13.7. The van der Waals surface area contributed by atoms with E-state index >= 15 is 0 Å². The highest BCUT2D eigenvalue weighted by Crippen LogP contribution is 2.21. The van der Waals surface area contributed by atoms with Crippen LogP contribution in [0.4, 0.5) is 11.5 Å². The van der Waals surface area contributed by atoms with E-state index < -0.39 is 0 Å². The molecule has 0 fully saturated rings. The van der Waals surface area contributed by atoms with Gasteiger partial charge in [-0.1, -0.05) is 0 Å². The van der Waals surface area contributed by atoms with Crippen molar-refractivity contribution in [3.8, 4) is 0 Å². The molecule has 3 N–H and O–H groups in total. The second kappa shape index (κ2) is 1.76. The number of amides is 1. The quantitative estimate of drug-likeness (QED) is 0.484. The molecule has 0 atom stereocenters. The Kier molecular flexibility index (Phi) is 0.943. The van der Waals surface area contributed by atoms with Crippen molar-refractivity contribution in [1.82, 2.24) is 4.98 Å². The van der Waals surface area contributed by atoms with Crippen LogP contribution in [0.2, 0.25) is 0 Å². The summed E-state index contributed by atoms with van der Waals surface area (Å²) in [6, 6.07) is 1.82. The molecule has 4 heteroatoms. The molecule has 0 saturated heterocycles. The number of carbonyl (C=O) groups is 1. The van der Waals surface area contributed by atoms with Crippen LogP contribution in [0.25, 0.3) is 0 Å². The van der Waals surface area contributed by atoms with E-state index in [4.69, 9.17) is 0 Å². The van der Waals surface area contributed by atoms with Gasteiger partial charge in [-0.3, -0.25) is 4.79 Å². The van der Waals surface area contributed by atoms with Crippen LogP contribution in [0.5, 0.6) is 0 Å². The fraction of sp³-hybridized carbons (Fsp3) is 0.167. The maximum atomic E-state index is 10.7. The van der Waals surface area contributed by atoms with Crippen LogP contribution in [0.1, 0.15) is 0 Å². The maximum absolute atomic E-state index is 10.7. The number of nitrogens with one attached hydrogen (secondary N) is 3. The minimum atomic E-state index is 0.00657. The number of carbonyl (C=O) groups excluding carboxylic acids is 1. The van der Waals surface area contributed by atoms with Gasteiger partial charge in [-0.15, -0.1) is 0 Å². The predicted octanol–water partition coefficient (Wildman–Crippen LogP) is 0.379. The number of anilines is 2. The van der Waals surface area contributed by atoms with Gasteiger partial charge in [-0.25, -0.2) is 0 Å². The van der Waals surface area contributed by atoms with Crippen LogP contribution in [0.3, 0.4) is 0 Å². The number of aromatic amines is 1. The molecule has 1 aromatic heterocycles. The number of H-pyrrole nitrogens is 1. The van der Waals surface area contributed by atoms with E-state index in [-0.39, 0.29) is 5.91 Å². The summed E-state index contributed by atoms with van der Waals surface area (Å²) >= 11 is 0. The molecule has 2 heterocycles. The fourth-order valence-corrected chi connectivity index (χ4v) is 0.983. The van der Waals surface area contributed by atoms with Gasteiger partial charge in [0.25, 0.3) is 0 Å². The van der Waals surface area contributed by atoms with E-state index in [2.05, 4.69) is 15.6 Å². The molecule has 10 heavy (non-hydrogen) atoms. The first kappa shape index (κ1) is 5.34. The van der Waals surface area contributed by atoms with Gasteiger partial charge in [-0.05, 0) is 6.07 Å². The lowest BCUT2D eigenvalue weighted by molar-refractivity contribution is -0.114. The van der Waals surface area contributed by atoms with Crippen LogP contribution < -0.4 is 10.6 Å². The Morgan fingerprint density at radius 2 is 2.40 bits per heavy atom. The molecule has 4 nitrogen and oxygen atoms in total. The molecular formula is C6H7N3O. The first-order valence-electron chi connectivity index (χ1n) is 3.07. The molecular weight excluding hydrogens is 130 g/mol. The summed E-state index contributed by atoms with van der Waals surface area (Å²) in [5.74, 6) is 0.895. The van der Waals surface area contributed by atoms with Crippen molar-refractivity contribution in [3.63, 3.8) is 0 Å². The van der Waals surface area contributed by atoms with Crippen LogP contribution in [-0.2, 0) is 4.79 Å². The molecule has 0 aliphatic carbocycles. The van der Waals surface area contributed by atoms with Gasteiger partial charge in [-0.2, -0.15) is 0 Å². The number of fused-ring (bicyclic) bond motifs is 1. The smallest absolute Gasteiger partial charge is 0.243 e. The molecule has 1 aromatic rings. The molecule has 0 bridgehead atoms. The lowest BCUT2D eigenvalue weighted by Gasteiger charge is -2.13. The number of rotatable bonds is 0. The zero-order valence-electron chi connectivity index (χ0n) is 5.27. The van der Waals surface area contributed by atoms with Gasteiger partial charge >= 0.3 is 0 Å². The lowest BCUT2D eigenvalue weighted by Crippen LogP contribution is -2.26. The first-order valence-corrected chi connectivity index (χ1v) is 3.07. The van der Waals surface area contributed by atoms with Gasteiger partial charge < -0.3 is 15.6 Å². The van der Waals surface area contributed by atoms with Crippen molar-refractivity contribution in [2.45, 2.75) is 0 Å². The molecule has 2 rings (SSSR count). The zero-order valence-corrected chi connectivity index (χ0v) is 5.27. The van der Waals surface area contributed by atoms with E-state index in [0.29, 0.717) is 6.54 Å². The standard InChI is InChI=1S/C6H7N3O/c10-5-3-8-6-4(9-5)1-2-7-6/h1-2,7-8H,3H2,(H,9,10). The molecule has 0 spiro atoms. The Morgan fingerprint density at radius 1 is 1.50 bits per heavy atom. The zero-order chi connectivity index (χ0) is 6.97. The van der Waals surface area contributed by atoms with Crippen LogP contribution in [0, 0.1) is 0 Å². The van der Waals surface area contributed by atoms with E-state index in [1.807, 2.05) is 6.07 Å². The highest BCUT2D eigenvalue weighted by atomic mass is 16.2. The normalized spacial score (nSPS) is 15.4. The summed E-state index contributed by atoms with van der Waals surface area (Å²) < 4.78 is 0. The molecule has 1 amide bonds. The van der Waals surface area contributed by atoms with Crippen LogP contribution in [0.15, 0.2) is 12.3 Å². The Morgan fingerprint density at radius 3 is 3.30 bits per heavy atom. The molecule has 1 aliphatic rings. The van der Waals surface area contributed by atoms with Crippen molar-refractivity contribution >= 4 is 17.4 Å². The average Bonchev–Trinajstić information content (AvgIpc) is 2.33. The summed E-state index contributed by atoms with van der Waals surface area (Å²) in [7, 11) is 0. The Labute approximate surface area is 57.6 Å². The van der Waals surface area contributed by atoms with Crippen molar-refractivity contribution < 1.29 is 4.79 Å². The number of aromatic nitrogens is 1. The average molecular weight is 137 g/mol. The Bertz CT molecular complexity index is 266. The fourth-order valence-electron chi connectivity index (χ4n) is 0.983. The van der Waals surface area contributed by atoms with Crippen molar-refractivity contribution in [3.05, 3.63) is 12.3 Å². The van der Waals surface area contributed by atoms with Crippen molar-refractivity contribution in [2.24, 2.45) is 0 Å². The highest BCUT2D eigenvalue weighted by Gasteiger charge is 2.12. The Hall–Kier alpha value is -1.45. The SMILES string of the molecule is O=C1CNc2[nH]ccc2N1. The van der Waals surface area contributed by atoms with E-state index in [1.165, 1.54) is 0 Å². The topological polar surface area (TPSA) is 56.9 Å². The third-order valence-electron chi connectivity index (χ3n) is 1.45. The lowest BCUT2D eigenvalue weighted by atomic mass is 10.4. The predicted molar refractivity (Wildman–Crippen MR) is 37.9 cm³/mol. The molecule has 0 radical (unpaired) electrons. The third kappa shape index (κ3) is 0.655. The van der Waals surface area contributed by atoms with Gasteiger partial charge in [0.2, 0.25) is 5.91 Å². The van der Waals surface area contributed by atoms with E-state index in [1.54, 1.807) is 6.20 Å². The van der Waals surface area contributed by atoms with Crippen molar-refractivity contribution in [1.29, 1.82) is 0 Å². The Balaban J connectivity index is 2.39. The number of hydrogen-bond acceptors (Lipinski definition) is 2. The molecule has 52 valence electrons. The first-order chi connectivity index (χ1) is 4.86. The van der Waals surface area contributed by atoms with Crippen molar-refractivity contribution in [2.75, 3.05) is 17.2 Å². The van der Waals surface area contributed by atoms with Gasteiger partial charge in [0.05, 0.1) is 12.2 Å². The van der Waals surface area contributed by atoms with Crippen LogP contribution >= 0.6 is 0 Å². The summed E-state index contributed by atoms with van der Waals surface area (Å²) in [6.07, 6.45) is 1.78. The van der Waals surface area contributed by atoms with E-state index in [9.17, 15) is 4.79 Å². The second-order valence-electron chi connectivity index (χ2n) is 2.17. The van der Waals surface area contributed by atoms with Crippen LogP contribution in [-0.4, -0.2) is 17.4 Å². The minimum Gasteiger partial charge on any atom is -0.361 e. The molecule has 0 aromatic carbocycles. The molecule has 1 aliphatic heterocycles. The maximum Gasteiger partial charge on any atom is 0.243 e. The molecule has 0 unspecified atom stereocenters. The number of hydrogen-bond donors (Lipinski definition) is 3. The summed E-state index contributed by atoms with van der Waals surface area (Å²) in [5, 5.41) is 5.63. The largest absolute Gasteiger partial charge is 0.361 e. The van der Waals surface area contributed by atoms with Gasteiger partial charge in [0.15, 0.2) is 0 Å². The highest BCUT2D eigenvalue weighted by molar-refractivity contribution is 5.99. The summed E-state index contributed by atoms with van der Waals surface area (Å²) in [5.41, 5.74) is 0.830. The molecule has 0 saturated carbocycles. The monoisotopic (exact) mass is 137 g/mol. The third-order valence-corrected chi connectivity index (χ3v) is 1.45. The van der Waals surface area contributed by atoms with Gasteiger partial charge in [0, 0.05) is 6.20 Å². The van der Waals surface area contributed by atoms with E-state index in [0.717, 1.165) is 11.5 Å². The second-order valence-corrected chi connectivity index (χ2v) is 2.17. The summed E-state index contributed by atoms with van der Waals surface area (Å²) in [6.45, 7) is 0.355. The minimum absolute atomic E-state index is 0.00657. The van der Waals surface area contributed by atoms with Gasteiger partial charge in [0.1, 0.15) is 5.82 Å².